The van der Waals surface area contributed by atoms with E-state index in [4.69, 9.17) is 4.74 Å². The Morgan fingerprint density at radius 2 is 1.62 bits per heavy atom. The van der Waals surface area contributed by atoms with Gasteiger partial charge in [0.1, 0.15) is 5.75 Å². The molecule has 0 atom stereocenters. The summed E-state index contributed by atoms with van der Waals surface area (Å²) in [7, 11) is 3.36. The van der Waals surface area contributed by atoms with Crippen LogP contribution in [0.1, 0.15) is 36.7 Å². The highest BCUT2D eigenvalue weighted by Crippen LogP contribution is 2.26. The van der Waals surface area contributed by atoms with E-state index in [1.807, 2.05) is 24.3 Å². The lowest BCUT2D eigenvalue weighted by molar-refractivity contribution is -0.130. The first-order chi connectivity index (χ1) is 12.2. The lowest BCUT2D eigenvalue weighted by atomic mass is 9.83. The summed E-state index contributed by atoms with van der Waals surface area (Å²) in [4.78, 5) is 25.7. The van der Waals surface area contributed by atoms with Gasteiger partial charge in [0.05, 0.1) is 0 Å². The quantitative estimate of drug-likeness (QED) is 0.891. The standard InChI is InChI=1S/C21H26N2O3/c1-21(2,3)18-9-7-6-8-17(18)20(25)22-15-10-12-16(13-11-15)26-14-19(24)23(4)5/h6-13H,14H2,1-5H3,(H,22,25). The summed E-state index contributed by atoms with van der Waals surface area (Å²) >= 11 is 0. The highest BCUT2D eigenvalue weighted by Gasteiger charge is 2.21. The SMILES string of the molecule is CN(C)C(=O)COc1ccc(NC(=O)c2ccccc2C(C)(C)C)cc1. The van der Waals surface area contributed by atoms with Crippen molar-refractivity contribution in [2.45, 2.75) is 26.2 Å². The lowest BCUT2D eigenvalue weighted by Crippen LogP contribution is -2.27. The van der Waals surface area contributed by atoms with E-state index in [0.29, 0.717) is 17.0 Å². The summed E-state index contributed by atoms with van der Waals surface area (Å²) < 4.78 is 5.43. The Kier molecular flexibility index (Phi) is 6.03. The number of carbonyl (C=O) groups excluding carboxylic acids is 2. The molecule has 1 N–H and O–H groups in total. The average molecular weight is 354 g/mol. The number of amides is 2. The fourth-order valence-corrected chi connectivity index (χ4v) is 2.44. The molecular weight excluding hydrogens is 328 g/mol. The second-order valence-electron chi connectivity index (χ2n) is 7.35. The van der Waals surface area contributed by atoms with Crippen molar-refractivity contribution in [1.82, 2.24) is 4.90 Å². The Bertz CT molecular complexity index is 775. The Balaban J connectivity index is 2.06. The van der Waals surface area contributed by atoms with Crippen LogP contribution in [0.25, 0.3) is 0 Å². The number of carbonyl (C=O) groups is 2. The smallest absolute Gasteiger partial charge is 0.259 e. The molecule has 2 aromatic rings. The van der Waals surface area contributed by atoms with Gasteiger partial charge < -0.3 is 15.0 Å². The Morgan fingerprint density at radius 1 is 1.00 bits per heavy atom. The zero-order valence-corrected chi connectivity index (χ0v) is 16.0. The molecule has 0 radical (unpaired) electrons. The van der Waals surface area contributed by atoms with Gasteiger partial charge in [0.15, 0.2) is 6.61 Å². The van der Waals surface area contributed by atoms with E-state index in [0.717, 1.165) is 5.56 Å². The van der Waals surface area contributed by atoms with Gasteiger partial charge in [-0.05, 0) is 41.3 Å². The van der Waals surface area contributed by atoms with Crippen LogP contribution in [-0.4, -0.2) is 37.4 Å². The van der Waals surface area contributed by atoms with Crippen molar-refractivity contribution in [1.29, 1.82) is 0 Å². The molecule has 2 amide bonds. The van der Waals surface area contributed by atoms with Crippen LogP contribution in [0.5, 0.6) is 5.75 Å². The third-order valence-electron chi connectivity index (χ3n) is 3.95. The van der Waals surface area contributed by atoms with Gasteiger partial charge in [0, 0.05) is 25.3 Å². The minimum absolute atomic E-state index is 0.0162. The first-order valence-electron chi connectivity index (χ1n) is 8.52. The summed E-state index contributed by atoms with van der Waals surface area (Å²) in [6.07, 6.45) is 0. The molecule has 0 aromatic heterocycles. The maximum Gasteiger partial charge on any atom is 0.259 e. The number of rotatable bonds is 5. The molecule has 0 spiro atoms. The third-order valence-corrected chi connectivity index (χ3v) is 3.95. The fourth-order valence-electron chi connectivity index (χ4n) is 2.44. The molecule has 0 saturated heterocycles. The molecule has 5 heteroatoms. The Morgan fingerprint density at radius 3 is 2.19 bits per heavy atom. The van der Waals surface area contributed by atoms with Gasteiger partial charge >= 0.3 is 0 Å². The second kappa shape index (κ2) is 8.04. The van der Waals surface area contributed by atoms with Crippen LogP contribution >= 0.6 is 0 Å². The molecule has 0 heterocycles. The molecule has 0 unspecified atom stereocenters. The van der Waals surface area contributed by atoms with Gasteiger partial charge in [0.25, 0.3) is 11.8 Å². The van der Waals surface area contributed by atoms with Crippen LogP contribution < -0.4 is 10.1 Å². The van der Waals surface area contributed by atoms with E-state index in [9.17, 15) is 9.59 Å². The summed E-state index contributed by atoms with van der Waals surface area (Å²) in [6.45, 7) is 6.23. The Labute approximate surface area is 155 Å². The fraction of sp³-hybridized carbons (Fsp3) is 0.333. The maximum absolute atomic E-state index is 12.7. The normalized spacial score (nSPS) is 11.0. The molecule has 0 saturated carbocycles. The molecule has 0 aliphatic heterocycles. The summed E-state index contributed by atoms with van der Waals surface area (Å²) in [5.74, 6) is 0.321. The van der Waals surface area contributed by atoms with Crippen LogP contribution in [0.15, 0.2) is 48.5 Å². The number of likely N-dealkylation sites (N-methyl/N-ethyl adjacent to an activating group) is 1. The van der Waals surface area contributed by atoms with Crippen molar-refractivity contribution in [3.05, 3.63) is 59.7 Å². The van der Waals surface area contributed by atoms with Crippen LogP contribution in [-0.2, 0) is 10.2 Å². The highest BCUT2D eigenvalue weighted by atomic mass is 16.5. The highest BCUT2D eigenvalue weighted by molar-refractivity contribution is 6.05. The van der Waals surface area contributed by atoms with Gasteiger partial charge in [-0.1, -0.05) is 39.0 Å². The molecule has 0 bridgehead atoms. The van der Waals surface area contributed by atoms with Gasteiger partial charge in [-0.3, -0.25) is 9.59 Å². The van der Waals surface area contributed by atoms with Crippen molar-refractivity contribution in [3.8, 4) is 5.75 Å². The predicted octanol–water partition coefficient (Wildman–Crippen LogP) is 3.70. The van der Waals surface area contributed by atoms with Crippen molar-refractivity contribution in [2.24, 2.45) is 0 Å². The van der Waals surface area contributed by atoms with Crippen LogP contribution in [0.3, 0.4) is 0 Å². The van der Waals surface area contributed by atoms with E-state index in [1.165, 1.54) is 4.90 Å². The van der Waals surface area contributed by atoms with Gasteiger partial charge in [-0.15, -0.1) is 0 Å². The molecule has 2 rings (SSSR count). The van der Waals surface area contributed by atoms with Gasteiger partial charge in [0.2, 0.25) is 0 Å². The average Bonchev–Trinajstić information content (AvgIpc) is 2.60. The zero-order chi connectivity index (χ0) is 19.3. The number of benzene rings is 2. The van der Waals surface area contributed by atoms with Crippen molar-refractivity contribution >= 4 is 17.5 Å². The first kappa shape index (κ1) is 19.5. The molecule has 0 fully saturated rings. The van der Waals surface area contributed by atoms with Crippen LogP contribution in [0, 0.1) is 0 Å². The number of ether oxygens (including phenoxy) is 1. The van der Waals surface area contributed by atoms with Gasteiger partial charge in [-0.25, -0.2) is 0 Å². The van der Waals surface area contributed by atoms with E-state index in [-0.39, 0.29) is 23.8 Å². The zero-order valence-electron chi connectivity index (χ0n) is 16.0. The third kappa shape index (κ3) is 5.09. The number of nitrogens with zero attached hydrogens (tertiary/aromatic N) is 1. The van der Waals surface area contributed by atoms with Crippen molar-refractivity contribution in [2.75, 3.05) is 26.0 Å². The minimum atomic E-state index is -0.146. The van der Waals surface area contributed by atoms with Crippen molar-refractivity contribution in [3.63, 3.8) is 0 Å². The van der Waals surface area contributed by atoms with Gasteiger partial charge in [-0.2, -0.15) is 0 Å². The van der Waals surface area contributed by atoms with E-state index in [2.05, 4.69) is 26.1 Å². The first-order valence-corrected chi connectivity index (χ1v) is 8.52. The summed E-state index contributed by atoms with van der Waals surface area (Å²) in [6, 6.07) is 14.6. The van der Waals surface area contributed by atoms with E-state index < -0.39 is 0 Å². The lowest BCUT2D eigenvalue weighted by Gasteiger charge is -2.22. The number of anilines is 1. The van der Waals surface area contributed by atoms with Crippen LogP contribution in [0.2, 0.25) is 0 Å². The predicted molar refractivity (Wildman–Crippen MR) is 104 cm³/mol. The van der Waals surface area contributed by atoms with E-state index in [1.54, 1.807) is 38.4 Å². The van der Waals surface area contributed by atoms with Crippen molar-refractivity contribution < 1.29 is 14.3 Å². The number of nitrogens with one attached hydrogen (secondary N) is 1. The summed E-state index contributed by atoms with van der Waals surface area (Å²) in [5, 5.41) is 2.91. The topological polar surface area (TPSA) is 58.6 Å². The molecule has 5 nitrogen and oxygen atoms in total. The van der Waals surface area contributed by atoms with Crippen LogP contribution in [0.4, 0.5) is 5.69 Å². The molecule has 0 aliphatic rings. The minimum Gasteiger partial charge on any atom is -0.484 e. The second-order valence-corrected chi connectivity index (χ2v) is 7.35. The number of hydrogen-bond donors (Lipinski definition) is 1. The molecule has 26 heavy (non-hydrogen) atoms. The summed E-state index contributed by atoms with van der Waals surface area (Å²) in [5.41, 5.74) is 2.21. The largest absolute Gasteiger partial charge is 0.484 e. The van der Waals surface area contributed by atoms with E-state index >= 15 is 0 Å². The molecule has 0 aliphatic carbocycles. The number of hydrogen-bond acceptors (Lipinski definition) is 3. The Hall–Kier alpha value is -2.82. The monoisotopic (exact) mass is 354 g/mol. The molecule has 2 aromatic carbocycles. The molecular formula is C21H26N2O3. The maximum atomic E-state index is 12.7. The molecule has 138 valence electrons.